The number of nitrogens with zero attached hydrogens (tertiary/aromatic N) is 4. The van der Waals surface area contributed by atoms with E-state index in [1.807, 2.05) is 6.07 Å². The second-order valence-corrected chi connectivity index (χ2v) is 5.12. The third kappa shape index (κ3) is 4.14. The molecule has 116 valence electrons. The summed E-state index contributed by atoms with van der Waals surface area (Å²) >= 11 is 1.00. The zero-order valence-corrected chi connectivity index (χ0v) is 12.4. The predicted molar refractivity (Wildman–Crippen MR) is 83.6 cm³/mol. The van der Waals surface area contributed by atoms with Crippen LogP contribution in [0.1, 0.15) is 5.56 Å². The van der Waals surface area contributed by atoms with Crippen molar-refractivity contribution < 1.29 is 9.72 Å². The number of nitro benzene ring substituents is 1. The van der Waals surface area contributed by atoms with Crippen LogP contribution in [0.3, 0.4) is 0 Å². The number of anilines is 2. The van der Waals surface area contributed by atoms with Crippen molar-refractivity contribution >= 4 is 34.9 Å². The van der Waals surface area contributed by atoms with Crippen LogP contribution >= 0.6 is 11.8 Å². The molecule has 1 aromatic heterocycles. The molecule has 0 spiro atoms. The Morgan fingerprint density at radius 1 is 1.48 bits per heavy atom. The van der Waals surface area contributed by atoms with Gasteiger partial charge >= 0.3 is 0 Å². The van der Waals surface area contributed by atoms with Gasteiger partial charge in [0.05, 0.1) is 16.9 Å². The summed E-state index contributed by atoms with van der Waals surface area (Å²) in [5.41, 5.74) is 5.63. The number of nitrogens with two attached hydrogens (primary N) is 1. The van der Waals surface area contributed by atoms with Crippen molar-refractivity contribution in [3.05, 3.63) is 46.1 Å². The number of nitrogen functional groups attached to an aromatic ring is 1. The van der Waals surface area contributed by atoms with Gasteiger partial charge in [-0.1, -0.05) is 23.9 Å². The maximum Gasteiger partial charge on any atom is 0.292 e. The van der Waals surface area contributed by atoms with Crippen molar-refractivity contribution in [2.45, 2.75) is 5.16 Å². The first-order valence-corrected chi connectivity index (χ1v) is 7.18. The number of hydrogen-bond acceptors (Lipinski definition) is 8. The van der Waals surface area contributed by atoms with Gasteiger partial charge in [0.2, 0.25) is 5.91 Å². The molecule has 2 rings (SSSR count). The van der Waals surface area contributed by atoms with E-state index >= 15 is 0 Å². The highest BCUT2D eigenvalue weighted by Gasteiger charge is 2.15. The average Bonchev–Trinajstić information content (AvgIpc) is 2.53. The van der Waals surface area contributed by atoms with Crippen molar-refractivity contribution in [1.29, 1.82) is 5.26 Å². The lowest BCUT2D eigenvalue weighted by Gasteiger charge is -2.05. The molecule has 10 heteroatoms. The number of hydrogen-bond donors (Lipinski definition) is 2. The highest BCUT2D eigenvalue weighted by atomic mass is 32.2. The number of nitrogens with one attached hydrogen (secondary N) is 1. The number of amides is 1. The topological polar surface area (TPSA) is 148 Å². The first kappa shape index (κ1) is 16.2. The van der Waals surface area contributed by atoms with Gasteiger partial charge in [-0.05, 0) is 6.07 Å². The lowest BCUT2D eigenvalue weighted by atomic mass is 10.2. The maximum absolute atomic E-state index is 11.9. The summed E-state index contributed by atoms with van der Waals surface area (Å²) in [7, 11) is 0. The fourth-order valence-electron chi connectivity index (χ4n) is 1.59. The summed E-state index contributed by atoms with van der Waals surface area (Å²) in [6.45, 7) is 0. The Hall–Kier alpha value is -3.19. The average molecular weight is 330 g/mol. The summed E-state index contributed by atoms with van der Waals surface area (Å²) < 4.78 is 0. The number of rotatable bonds is 5. The molecule has 0 bridgehead atoms. The number of carbonyl (C=O) groups excluding carboxylic acids is 1. The van der Waals surface area contributed by atoms with Crippen LogP contribution in [0.15, 0.2) is 35.6 Å². The lowest BCUT2D eigenvalue weighted by molar-refractivity contribution is -0.383. The smallest absolute Gasteiger partial charge is 0.292 e. The standard InChI is InChI=1S/C13H10N6O3S/c14-5-8-6-16-13(18-12(8)15)23-7-11(20)17-9-3-1-2-4-10(9)19(21)22/h1-4,6H,7H2,(H,17,20)(H2,15,16,18). The molecule has 1 aromatic carbocycles. The monoisotopic (exact) mass is 330 g/mol. The first-order chi connectivity index (χ1) is 11.0. The first-order valence-electron chi connectivity index (χ1n) is 6.20. The second kappa shape index (κ2) is 7.19. The molecule has 1 heterocycles. The molecule has 0 aliphatic heterocycles. The molecule has 0 aliphatic rings. The molecular formula is C13H10N6O3S. The van der Waals surface area contributed by atoms with Gasteiger partial charge in [0.25, 0.3) is 5.69 Å². The van der Waals surface area contributed by atoms with Gasteiger partial charge in [0.1, 0.15) is 23.1 Å². The molecule has 9 nitrogen and oxygen atoms in total. The van der Waals surface area contributed by atoms with Gasteiger partial charge in [-0.2, -0.15) is 5.26 Å². The molecule has 0 aliphatic carbocycles. The fraction of sp³-hybridized carbons (Fsp3) is 0.0769. The van der Waals surface area contributed by atoms with Gasteiger partial charge in [-0.15, -0.1) is 0 Å². The van der Waals surface area contributed by atoms with Crippen LogP contribution in [0.2, 0.25) is 0 Å². The summed E-state index contributed by atoms with van der Waals surface area (Å²) in [6, 6.07) is 7.67. The van der Waals surface area contributed by atoms with Crippen molar-refractivity contribution in [1.82, 2.24) is 9.97 Å². The highest BCUT2D eigenvalue weighted by molar-refractivity contribution is 7.99. The number of nitro groups is 1. The van der Waals surface area contributed by atoms with E-state index in [2.05, 4.69) is 15.3 Å². The molecule has 0 saturated heterocycles. The van der Waals surface area contributed by atoms with E-state index in [0.717, 1.165) is 11.8 Å². The minimum absolute atomic E-state index is 0.0316. The van der Waals surface area contributed by atoms with Crippen molar-refractivity contribution in [3.8, 4) is 6.07 Å². The van der Waals surface area contributed by atoms with Crippen molar-refractivity contribution in [2.75, 3.05) is 16.8 Å². The quantitative estimate of drug-likeness (QED) is 0.363. The van der Waals surface area contributed by atoms with E-state index in [9.17, 15) is 14.9 Å². The highest BCUT2D eigenvalue weighted by Crippen LogP contribution is 2.23. The zero-order chi connectivity index (χ0) is 16.8. The summed E-state index contributed by atoms with van der Waals surface area (Å²) in [6.07, 6.45) is 1.27. The molecule has 0 atom stereocenters. The van der Waals surface area contributed by atoms with Gasteiger partial charge in [-0.25, -0.2) is 9.97 Å². The van der Waals surface area contributed by atoms with Gasteiger partial charge < -0.3 is 11.1 Å². The molecule has 1 amide bonds. The SMILES string of the molecule is N#Cc1cnc(SCC(=O)Nc2ccccc2[N+](=O)[O-])nc1N. The minimum Gasteiger partial charge on any atom is -0.382 e. The fourth-order valence-corrected chi connectivity index (χ4v) is 2.21. The van der Waals surface area contributed by atoms with E-state index in [0.29, 0.717) is 0 Å². The van der Waals surface area contributed by atoms with Crippen LogP contribution in [0.25, 0.3) is 0 Å². The molecule has 0 unspecified atom stereocenters. The maximum atomic E-state index is 11.9. The Balaban J connectivity index is 2.00. The van der Waals surface area contributed by atoms with E-state index in [1.54, 1.807) is 6.07 Å². The Morgan fingerprint density at radius 3 is 2.87 bits per heavy atom. The van der Waals surface area contributed by atoms with Gasteiger partial charge in [0, 0.05) is 6.07 Å². The van der Waals surface area contributed by atoms with Crippen LogP contribution in [0, 0.1) is 21.4 Å². The molecule has 0 fully saturated rings. The number of aromatic nitrogens is 2. The van der Waals surface area contributed by atoms with Crippen molar-refractivity contribution in [3.63, 3.8) is 0 Å². The normalized spacial score (nSPS) is 9.87. The Labute approximate surface area is 134 Å². The van der Waals surface area contributed by atoms with Crippen LogP contribution in [0.4, 0.5) is 17.2 Å². The van der Waals surface area contributed by atoms with Crippen LogP contribution in [0.5, 0.6) is 0 Å². The molecule has 0 radical (unpaired) electrons. The number of carbonyl (C=O) groups is 1. The summed E-state index contributed by atoms with van der Waals surface area (Å²) in [5, 5.41) is 22.3. The minimum atomic E-state index is -0.576. The third-order valence-electron chi connectivity index (χ3n) is 2.62. The van der Waals surface area contributed by atoms with E-state index in [-0.39, 0.29) is 33.7 Å². The Kier molecular flexibility index (Phi) is 5.06. The Morgan fingerprint density at radius 2 is 2.22 bits per heavy atom. The van der Waals surface area contributed by atoms with Crippen LogP contribution in [-0.2, 0) is 4.79 Å². The van der Waals surface area contributed by atoms with E-state index in [4.69, 9.17) is 11.0 Å². The number of benzene rings is 1. The molecular weight excluding hydrogens is 320 g/mol. The predicted octanol–water partition coefficient (Wildman–Crippen LogP) is 1.57. The van der Waals surface area contributed by atoms with Crippen LogP contribution < -0.4 is 11.1 Å². The van der Waals surface area contributed by atoms with Crippen molar-refractivity contribution in [2.24, 2.45) is 0 Å². The van der Waals surface area contributed by atoms with Crippen LogP contribution in [-0.4, -0.2) is 26.6 Å². The third-order valence-corrected chi connectivity index (χ3v) is 3.49. The molecule has 0 saturated carbocycles. The Bertz CT molecular complexity index is 805. The largest absolute Gasteiger partial charge is 0.382 e. The zero-order valence-electron chi connectivity index (χ0n) is 11.6. The second-order valence-electron chi connectivity index (χ2n) is 4.17. The number of nitriles is 1. The molecule has 3 N–H and O–H groups in total. The number of para-hydroxylation sites is 2. The molecule has 2 aromatic rings. The number of thioether (sulfide) groups is 1. The van der Waals surface area contributed by atoms with E-state index < -0.39 is 10.8 Å². The van der Waals surface area contributed by atoms with E-state index in [1.165, 1.54) is 24.4 Å². The lowest BCUT2D eigenvalue weighted by Crippen LogP contribution is -2.15. The van der Waals surface area contributed by atoms with Gasteiger partial charge in [0.15, 0.2) is 5.16 Å². The van der Waals surface area contributed by atoms with Gasteiger partial charge in [-0.3, -0.25) is 14.9 Å². The summed E-state index contributed by atoms with van der Waals surface area (Å²) in [5.74, 6) is -0.475. The molecule has 23 heavy (non-hydrogen) atoms. The summed E-state index contributed by atoms with van der Waals surface area (Å²) in [4.78, 5) is 30.0.